The molecule has 1 aromatic carbocycles. The predicted molar refractivity (Wildman–Crippen MR) is 107 cm³/mol. The first kappa shape index (κ1) is 17.7. The van der Waals surface area contributed by atoms with Crippen LogP contribution in [0.4, 0.5) is 5.69 Å². The summed E-state index contributed by atoms with van der Waals surface area (Å²) in [5, 5.41) is 13.5. The van der Waals surface area contributed by atoms with Gasteiger partial charge in [-0.05, 0) is 55.7 Å². The normalized spacial score (nSPS) is 12.4. The number of rotatable bonds is 5. The van der Waals surface area contributed by atoms with Gasteiger partial charge in [-0.1, -0.05) is 6.92 Å². The van der Waals surface area contributed by atoms with Crippen molar-refractivity contribution >= 4 is 22.7 Å². The van der Waals surface area contributed by atoms with Gasteiger partial charge in [0.05, 0.1) is 35.5 Å². The Balaban J connectivity index is 2.24. The molecule has 0 spiro atoms. The fraction of sp³-hybridized carbons (Fsp3) is 0.286. The zero-order chi connectivity index (χ0) is 18.7. The van der Waals surface area contributed by atoms with Gasteiger partial charge >= 0.3 is 0 Å². The minimum atomic E-state index is 0.347. The highest BCUT2D eigenvalue weighted by Gasteiger charge is 2.13. The minimum Gasteiger partial charge on any atom is -0.382 e. The second-order valence-electron chi connectivity index (χ2n) is 6.59. The first-order chi connectivity index (χ1) is 12.5. The average molecular weight is 345 g/mol. The topological polar surface area (TPSA) is 66.5 Å². The number of nitrogens with one attached hydrogen (secondary N) is 1. The number of imidazole rings is 1. The van der Waals surface area contributed by atoms with E-state index in [1.165, 1.54) is 6.08 Å². The molecular formula is C21H23N5. The van der Waals surface area contributed by atoms with Crippen LogP contribution in [-0.4, -0.2) is 20.6 Å². The molecule has 2 heterocycles. The molecule has 0 amide bonds. The lowest BCUT2D eigenvalue weighted by molar-refractivity contribution is 0.765. The largest absolute Gasteiger partial charge is 0.382 e. The molecule has 0 aliphatic carbocycles. The summed E-state index contributed by atoms with van der Waals surface area (Å²) in [5.74, 6) is 0. The molecule has 2 aromatic heterocycles. The lowest BCUT2D eigenvalue weighted by Crippen LogP contribution is -2.14. The Bertz CT molecular complexity index is 1010. The number of benzene rings is 1. The fourth-order valence-electron chi connectivity index (χ4n) is 2.92. The van der Waals surface area contributed by atoms with Crippen LogP contribution in [-0.2, 0) is 7.05 Å². The van der Waals surface area contributed by atoms with Crippen LogP contribution in [0, 0.1) is 18.3 Å². The van der Waals surface area contributed by atoms with Crippen LogP contribution in [0.25, 0.3) is 28.4 Å². The van der Waals surface area contributed by atoms with Crippen molar-refractivity contribution in [3.63, 3.8) is 0 Å². The van der Waals surface area contributed by atoms with E-state index in [-0.39, 0.29) is 0 Å². The highest BCUT2D eigenvalue weighted by Crippen LogP contribution is 2.31. The maximum absolute atomic E-state index is 8.84. The third kappa shape index (κ3) is 3.45. The van der Waals surface area contributed by atoms with Crippen molar-refractivity contribution in [3.8, 4) is 17.5 Å². The molecule has 26 heavy (non-hydrogen) atoms. The number of pyridine rings is 1. The SMILES string of the molecule is CCC(C)Nc1cc(-c2cncn2C)nc2cc(C)c(C=CC#N)cc12. The van der Waals surface area contributed by atoms with E-state index in [1.807, 2.05) is 30.8 Å². The zero-order valence-electron chi connectivity index (χ0n) is 15.6. The fourth-order valence-corrected chi connectivity index (χ4v) is 2.92. The Kier molecular flexibility index (Phi) is 5.04. The van der Waals surface area contributed by atoms with Crippen LogP contribution < -0.4 is 5.32 Å². The Hall–Kier alpha value is -3.13. The standard InChI is InChI=1S/C21H23N5/c1-5-15(3)24-19-11-20(21-12-23-13-26(21)4)25-18-9-14(2)16(7-6-8-22)10-17(18)19/h6-7,9-13,15H,5H2,1-4H3,(H,24,25). The highest BCUT2D eigenvalue weighted by atomic mass is 15.0. The van der Waals surface area contributed by atoms with E-state index in [0.29, 0.717) is 6.04 Å². The maximum atomic E-state index is 8.84. The predicted octanol–water partition coefficient (Wildman–Crippen LogP) is 4.69. The molecule has 132 valence electrons. The Morgan fingerprint density at radius 3 is 2.81 bits per heavy atom. The van der Waals surface area contributed by atoms with Gasteiger partial charge < -0.3 is 9.88 Å². The van der Waals surface area contributed by atoms with E-state index in [2.05, 4.69) is 48.4 Å². The molecule has 0 radical (unpaired) electrons. The third-order valence-electron chi connectivity index (χ3n) is 4.63. The Labute approximate surface area is 154 Å². The van der Waals surface area contributed by atoms with Crippen molar-refractivity contribution < 1.29 is 0 Å². The highest BCUT2D eigenvalue weighted by molar-refractivity contribution is 5.95. The number of fused-ring (bicyclic) bond motifs is 1. The zero-order valence-corrected chi connectivity index (χ0v) is 15.6. The number of hydrogen-bond acceptors (Lipinski definition) is 4. The van der Waals surface area contributed by atoms with E-state index < -0.39 is 0 Å². The number of aryl methyl sites for hydroxylation is 2. The number of nitrogens with zero attached hydrogens (tertiary/aromatic N) is 4. The number of hydrogen-bond donors (Lipinski definition) is 1. The molecule has 0 saturated carbocycles. The summed E-state index contributed by atoms with van der Waals surface area (Å²) in [7, 11) is 1.97. The van der Waals surface area contributed by atoms with Gasteiger partial charge in [0, 0.05) is 30.2 Å². The van der Waals surface area contributed by atoms with Crippen LogP contribution in [0.3, 0.4) is 0 Å². The van der Waals surface area contributed by atoms with Crippen molar-refractivity contribution in [2.75, 3.05) is 5.32 Å². The minimum absolute atomic E-state index is 0.347. The number of allylic oxidation sites excluding steroid dienone is 1. The van der Waals surface area contributed by atoms with Crippen molar-refractivity contribution in [3.05, 3.63) is 47.9 Å². The number of aromatic nitrogens is 3. The molecule has 0 fully saturated rings. The summed E-state index contributed by atoms with van der Waals surface area (Å²) >= 11 is 0. The van der Waals surface area contributed by atoms with Gasteiger partial charge in [-0.25, -0.2) is 9.97 Å². The molecule has 5 nitrogen and oxygen atoms in total. The molecule has 5 heteroatoms. The monoisotopic (exact) mass is 345 g/mol. The van der Waals surface area contributed by atoms with Gasteiger partial charge in [-0.3, -0.25) is 0 Å². The van der Waals surface area contributed by atoms with E-state index in [9.17, 15) is 0 Å². The van der Waals surface area contributed by atoms with E-state index >= 15 is 0 Å². The number of nitriles is 1. The van der Waals surface area contributed by atoms with Crippen LogP contribution in [0.5, 0.6) is 0 Å². The summed E-state index contributed by atoms with van der Waals surface area (Å²) in [5.41, 5.74) is 5.97. The summed E-state index contributed by atoms with van der Waals surface area (Å²) in [4.78, 5) is 9.08. The molecule has 1 unspecified atom stereocenters. The van der Waals surface area contributed by atoms with E-state index in [1.54, 1.807) is 6.33 Å². The number of anilines is 1. The lowest BCUT2D eigenvalue weighted by atomic mass is 10.0. The summed E-state index contributed by atoms with van der Waals surface area (Å²) in [6.45, 7) is 6.37. The Morgan fingerprint density at radius 2 is 2.15 bits per heavy atom. The molecule has 1 atom stereocenters. The van der Waals surface area contributed by atoms with Gasteiger partial charge in [0.1, 0.15) is 0 Å². The van der Waals surface area contributed by atoms with E-state index in [4.69, 9.17) is 10.2 Å². The molecule has 1 N–H and O–H groups in total. The van der Waals surface area contributed by atoms with Gasteiger partial charge in [-0.15, -0.1) is 0 Å². The molecular weight excluding hydrogens is 322 g/mol. The summed E-state index contributed by atoms with van der Waals surface area (Å²) in [6, 6.07) is 8.67. The van der Waals surface area contributed by atoms with Crippen molar-refractivity contribution in [2.24, 2.45) is 7.05 Å². The second kappa shape index (κ2) is 7.40. The molecule has 3 rings (SSSR count). The molecule has 0 aliphatic heterocycles. The van der Waals surface area contributed by atoms with Gasteiger partial charge in [0.2, 0.25) is 0 Å². The van der Waals surface area contributed by atoms with Gasteiger partial charge in [0.15, 0.2) is 0 Å². The first-order valence-corrected chi connectivity index (χ1v) is 8.78. The summed E-state index contributed by atoms with van der Waals surface area (Å²) in [6.07, 6.45) is 7.99. The Morgan fingerprint density at radius 1 is 1.35 bits per heavy atom. The molecule has 0 saturated heterocycles. The average Bonchev–Trinajstić information content (AvgIpc) is 3.05. The lowest BCUT2D eigenvalue weighted by Gasteiger charge is -2.17. The van der Waals surface area contributed by atoms with Crippen molar-refractivity contribution in [1.29, 1.82) is 5.26 Å². The molecule has 3 aromatic rings. The second-order valence-corrected chi connectivity index (χ2v) is 6.59. The first-order valence-electron chi connectivity index (χ1n) is 8.78. The van der Waals surface area contributed by atoms with Crippen molar-refractivity contribution in [1.82, 2.24) is 14.5 Å². The van der Waals surface area contributed by atoms with E-state index in [0.717, 1.165) is 45.5 Å². The van der Waals surface area contributed by atoms with Crippen LogP contribution in [0.15, 0.2) is 36.8 Å². The molecule has 0 aliphatic rings. The van der Waals surface area contributed by atoms with Crippen molar-refractivity contribution in [2.45, 2.75) is 33.2 Å². The quantitative estimate of drug-likeness (QED) is 0.681. The third-order valence-corrected chi connectivity index (χ3v) is 4.63. The van der Waals surface area contributed by atoms with Crippen LogP contribution in [0.2, 0.25) is 0 Å². The maximum Gasteiger partial charge on any atom is 0.0948 e. The van der Waals surface area contributed by atoms with Crippen LogP contribution >= 0.6 is 0 Å². The van der Waals surface area contributed by atoms with Gasteiger partial charge in [0.25, 0.3) is 0 Å². The molecule has 0 bridgehead atoms. The van der Waals surface area contributed by atoms with Crippen LogP contribution in [0.1, 0.15) is 31.4 Å². The van der Waals surface area contributed by atoms with Gasteiger partial charge in [-0.2, -0.15) is 5.26 Å². The summed E-state index contributed by atoms with van der Waals surface area (Å²) < 4.78 is 1.97. The smallest absolute Gasteiger partial charge is 0.0948 e.